The summed E-state index contributed by atoms with van der Waals surface area (Å²) in [6.45, 7) is 0. The molecule has 0 saturated heterocycles. The fourth-order valence-electron chi connectivity index (χ4n) is 3.97. The molecule has 3 aromatic carbocycles. The van der Waals surface area contributed by atoms with Gasteiger partial charge in [-0.15, -0.1) is 0 Å². The lowest BCUT2D eigenvalue weighted by Gasteiger charge is -2.11. The van der Waals surface area contributed by atoms with Gasteiger partial charge in [0.15, 0.2) is 0 Å². The summed E-state index contributed by atoms with van der Waals surface area (Å²) < 4.78 is 3.75. The molecule has 128 valence electrons. The highest BCUT2D eigenvalue weighted by Gasteiger charge is 2.16. The first-order valence-electron chi connectivity index (χ1n) is 8.65. The summed E-state index contributed by atoms with van der Waals surface area (Å²) in [5, 5.41) is 3.16. The van der Waals surface area contributed by atoms with E-state index in [2.05, 4.69) is 22.6 Å². The Hall–Kier alpha value is -3.37. The van der Waals surface area contributed by atoms with Crippen molar-refractivity contribution in [1.29, 1.82) is 0 Å². The molecule has 0 aliphatic carbocycles. The van der Waals surface area contributed by atoms with Crippen LogP contribution in [0.3, 0.4) is 0 Å². The van der Waals surface area contributed by atoms with Crippen molar-refractivity contribution in [3.8, 4) is 0 Å². The van der Waals surface area contributed by atoms with Crippen LogP contribution in [0.5, 0.6) is 0 Å². The van der Waals surface area contributed by atoms with Gasteiger partial charge in [-0.05, 0) is 36.4 Å². The van der Waals surface area contributed by atoms with Gasteiger partial charge in [0.05, 0.1) is 27.5 Å². The third kappa shape index (κ3) is 1.88. The minimum atomic E-state index is -0.117. The van der Waals surface area contributed by atoms with Crippen molar-refractivity contribution in [3.63, 3.8) is 0 Å². The first-order chi connectivity index (χ1) is 13.2. The van der Waals surface area contributed by atoms with Gasteiger partial charge in [0.25, 0.3) is 5.56 Å². The molecule has 0 aliphatic rings. The lowest BCUT2D eigenvalue weighted by atomic mass is 10.2. The fourth-order valence-corrected chi connectivity index (χ4v) is 4.14. The minimum Gasteiger partial charge on any atom is -0.279 e. The van der Waals surface area contributed by atoms with E-state index in [9.17, 15) is 4.79 Å². The summed E-state index contributed by atoms with van der Waals surface area (Å²) in [6.07, 6.45) is 0. The number of hydrogen-bond donors (Lipinski definition) is 0. The number of fused-ring (bicyclic) bond motifs is 9. The van der Waals surface area contributed by atoms with Crippen LogP contribution in [0.25, 0.3) is 44.0 Å². The van der Waals surface area contributed by atoms with Gasteiger partial charge in [-0.25, -0.2) is 9.38 Å². The molecule has 5 heteroatoms. The van der Waals surface area contributed by atoms with E-state index in [1.54, 1.807) is 22.6 Å². The van der Waals surface area contributed by atoms with Crippen molar-refractivity contribution < 1.29 is 0 Å². The summed E-state index contributed by atoms with van der Waals surface area (Å²) in [7, 11) is 0. The van der Waals surface area contributed by atoms with Crippen molar-refractivity contribution in [1.82, 2.24) is 13.8 Å². The van der Waals surface area contributed by atoms with Gasteiger partial charge in [0, 0.05) is 15.8 Å². The Bertz CT molecular complexity index is 1610. The van der Waals surface area contributed by atoms with Crippen molar-refractivity contribution in [2.24, 2.45) is 0 Å². The van der Waals surface area contributed by atoms with Gasteiger partial charge in [-0.2, -0.15) is 0 Å². The van der Waals surface area contributed by atoms with Crippen LogP contribution < -0.4 is 5.56 Å². The Morgan fingerprint density at radius 2 is 1.52 bits per heavy atom. The maximum absolute atomic E-state index is 13.4. The molecular formula is C22H12ClN3O. The second kappa shape index (κ2) is 5.09. The fraction of sp³-hybridized carbons (Fsp3) is 0. The molecule has 3 heterocycles. The van der Waals surface area contributed by atoms with Crippen molar-refractivity contribution in [2.75, 3.05) is 0 Å². The van der Waals surface area contributed by atoms with E-state index >= 15 is 0 Å². The molecule has 0 bridgehead atoms. The van der Waals surface area contributed by atoms with Crippen molar-refractivity contribution >= 4 is 55.6 Å². The minimum absolute atomic E-state index is 0.117. The summed E-state index contributed by atoms with van der Waals surface area (Å²) in [6, 6.07) is 23.5. The largest absolute Gasteiger partial charge is 0.279 e. The van der Waals surface area contributed by atoms with Crippen LogP contribution in [0.1, 0.15) is 0 Å². The van der Waals surface area contributed by atoms with Crippen LogP contribution in [0.15, 0.2) is 77.6 Å². The topological polar surface area (TPSA) is 38.8 Å². The predicted octanol–water partition coefficient (Wildman–Crippen LogP) is 5.06. The van der Waals surface area contributed by atoms with Gasteiger partial charge >= 0.3 is 0 Å². The SMILES string of the molecule is O=c1c2cc(Cl)ccc2nc2n1c1ccccc1c1cc3ccccc3n12. The lowest BCUT2D eigenvalue weighted by molar-refractivity contribution is 1.05. The average Bonchev–Trinajstić information content (AvgIpc) is 3.09. The van der Waals surface area contributed by atoms with Crippen LogP contribution >= 0.6 is 11.6 Å². The standard InChI is InChI=1S/C22H12ClN3O/c23-14-9-10-17-16(12-14)21(27)26-19-8-4-2-6-15(19)20-11-13-5-1-3-7-18(13)25(20)22(26)24-17/h1-12H. The Balaban J connectivity index is 2.05. The smallest absolute Gasteiger partial charge is 0.267 e. The molecule has 0 saturated carbocycles. The molecule has 0 unspecified atom stereocenters. The number of para-hydroxylation sites is 2. The summed E-state index contributed by atoms with van der Waals surface area (Å²) >= 11 is 6.13. The molecule has 0 amide bonds. The predicted molar refractivity (Wildman–Crippen MR) is 110 cm³/mol. The van der Waals surface area contributed by atoms with E-state index in [1.165, 1.54) is 0 Å². The van der Waals surface area contributed by atoms with E-state index in [4.69, 9.17) is 16.6 Å². The van der Waals surface area contributed by atoms with Crippen LogP contribution in [0, 0.1) is 0 Å². The molecule has 0 atom stereocenters. The van der Waals surface area contributed by atoms with Gasteiger partial charge in [-0.1, -0.05) is 48.0 Å². The number of nitrogens with zero attached hydrogens (tertiary/aromatic N) is 3. The van der Waals surface area contributed by atoms with Crippen molar-refractivity contribution in [3.05, 3.63) is 88.2 Å². The maximum Gasteiger partial charge on any atom is 0.267 e. The van der Waals surface area contributed by atoms with Gasteiger partial charge in [-0.3, -0.25) is 9.20 Å². The number of benzene rings is 3. The Morgan fingerprint density at radius 1 is 0.741 bits per heavy atom. The summed E-state index contributed by atoms with van der Waals surface area (Å²) in [4.78, 5) is 18.3. The third-order valence-electron chi connectivity index (χ3n) is 5.14. The zero-order chi connectivity index (χ0) is 18.1. The summed E-state index contributed by atoms with van der Waals surface area (Å²) in [5.41, 5.74) is 3.41. The van der Waals surface area contributed by atoms with Crippen LogP contribution in [-0.4, -0.2) is 13.8 Å². The Kier molecular flexibility index (Phi) is 2.78. The maximum atomic E-state index is 13.4. The van der Waals surface area contributed by atoms with Crippen LogP contribution in [0.4, 0.5) is 0 Å². The zero-order valence-corrected chi connectivity index (χ0v) is 14.8. The number of hydrogen-bond acceptors (Lipinski definition) is 2. The number of rotatable bonds is 0. The second-order valence-electron chi connectivity index (χ2n) is 6.65. The highest BCUT2D eigenvalue weighted by molar-refractivity contribution is 6.31. The van der Waals surface area contributed by atoms with Gasteiger partial charge < -0.3 is 0 Å². The molecule has 27 heavy (non-hydrogen) atoms. The molecule has 0 aliphatic heterocycles. The quantitative estimate of drug-likeness (QED) is 0.277. The van der Waals surface area contributed by atoms with E-state index in [0.29, 0.717) is 21.7 Å². The molecule has 0 fully saturated rings. The molecule has 0 N–H and O–H groups in total. The first kappa shape index (κ1) is 14.8. The number of aromatic nitrogens is 3. The monoisotopic (exact) mass is 369 g/mol. The zero-order valence-electron chi connectivity index (χ0n) is 14.1. The Labute approximate surface area is 157 Å². The molecule has 0 spiro atoms. The second-order valence-corrected chi connectivity index (χ2v) is 7.09. The highest BCUT2D eigenvalue weighted by atomic mass is 35.5. The molecule has 6 aromatic rings. The lowest BCUT2D eigenvalue weighted by Crippen LogP contribution is -2.18. The molecule has 4 nitrogen and oxygen atoms in total. The molecular weight excluding hydrogens is 358 g/mol. The molecule has 6 rings (SSSR count). The van der Waals surface area contributed by atoms with Gasteiger partial charge in [0.2, 0.25) is 5.78 Å². The third-order valence-corrected chi connectivity index (χ3v) is 5.38. The number of halogens is 1. The van der Waals surface area contributed by atoms with E-state index < -0.39 is 0 Å². The van der Waals surface area contributed by atoms with E-state index in [-0.39, 0.29) is 5.56 Å². The molecule has 3 aromatic heterocycles. The summed E-state index contributed by atoms with van der Waals surface area (Å²) in [5.74, 6) is 0.602. The van der Waals surface area contributed by atoms with Gasteiger partial charge in [0.1, 0.15) is 0 Å². The van der Waals surface area contributed by atoms with Crippen LogP contribution in [0.2, 0.25) is 5.02 Å². The van der Waals surface area contributed by atoms with Crippen molar-refractivity contribution in [2.45, 2.75) is 0 Å². The van der Waals surface area contributed by atoms with E-state index in [0.717, 1.165) is 27.3 Å². The Morgan fingerprint density at radius 3 is 2.41 bits per heavy atom. The highest BCUT2D eigenvalue weighted by Crippen LogP contribution is 2.29. The first-order valence-corrected chi connectivity index (χ1v) is 9.03. The van der Waals surface area contributed by atoms with Crippen LogP contribution in [-0.2, 0) is 0 Å². The normalized spacial score (nSPS) is 12.0. The molecule has 0 radical (unpaired) electrons. The van der Waals surface area contributed by atoms with E-state index in [1.807, 2.05) is 36.4 Å². The average molecular weight is 370 g/mol.